The zero-order valence-electron chi connectivity index (χ0n) is 8.75. The van der Waals surface area contributed by atoms with Crippen LogP contribution in [-0.2, 0) is 4.79 Å². The smallest absolute Gasteiger partial charge is 0.308 e. The third kappa shape index (κ3) is 1.75. The van der Waals surface area contributed by atoms with Crippen LogP contribution in [-0.4, -0.2) is 50.2 Å². The van der Waals surface area contributed by atoms with E-state index in [-0.39, 0.29) is 24.2 Å². The van der Waals surface area contributed by atoms with Gasteiger partial charge in [0.05, 0.1) is 5.92 Å². The number of likely N-dealkylation sites (tertiary alicyclic amines) is 1. The van der Waals surface area contributed by atoms with Crippen molar-refractivity contribution >= 4 is 11.9 Å². The largest absolute Gasteiger partial charge is 0.481 e. The molecule has 1 aromatic heterocycles. The fraction of sp³-hybridized carbons (Fsp3) is 0.556. The molecule has 0 bridgehead atoms. The molecule has 0 aromatic carbocycles. The van der Waals surface area contributed by atoms with Crippen LogP contribution in [0.5, 0.6) is 0 Å². The predicted octanol–water partition coefficient (Wildman–Crippen LogP) is -0.403. The number of H-pyrrole nitrogens is 1. The maximum atomic E-state index is 11.8. The number of nitrogens with zero attached hydrogens (tertiary/aromatic N) is 3. The molecule has 1 saturated heterocycles. The lowest BCUT2D eigenvalue weighted by Crippen LogP contribution is -2.30. The molecule has 7 nitrogen and oxygen atoms in total. The maximum absolute atomic E-state index is 11.8. The minimum absolute atomic E-state index is 0.0376. The molecule has 86 valence electrons. The zero-order valence-corrected chi connectivity index (χ0v) is 8.75. The van der Waals surface area contributed by atoms with Gasteiger partial charge in [0.2, 0.25) is 5.82 Å². The summed E-state index contributed by atoms with van der Waals surface area (Å²) in [5, 5.41) is 15.0. The molecular weight excluding hydrogens is 212 g/mol. The van der Waals surface area contributed by atoms with Crippen molar-refractivity contribution in [3.05, 3.63) is 12.2 Å². The van der Waals surface area contributed by atoms with Crippen molar-refractivity contribution in [2.75, 3.05) is 13.1 Å². The van der Waals surface area contributed by atoms with E-state index in [4.69, 9.17) is 5.11 Å². The maximum Gasteiger partial charge on any atom is 0.308 e. The molecule has 0 aliphatic carbocycles. The highest BCUT2D eigenvalue weighted by Crippen LogP contribution is 2.23. The quantitative estimate of drug-likeness (QED) is 0.711. The Kier molecular flexibility index (Phi) is 2.59. The van der Waals surface area contributed by atoms with Crippen LogP contribution in [0.15, 0.2) is 6.33 Å². The second-order valence-electron chi connectivity index (χ2n) is 3.97. The van der Waals surface area contributed by atoms with Gasteiger partial charge in [-0.15, -0.1) is 0 Å². The number of carbonyl (C=O) groups is 2. The summed E-state index contributed by atoms with van der Waals surface area (Å²) in [6, 6.07) is 0. The van der Waals surface area contributed by atoms with E-state index in [9.17, 15) is 9.59 Å². The number of rotatable bonds is 2. The standard InChI is InChI=1S/C9H12N4O3/c1-5-2-13(3-6(5)9(15)16)8(14)7-10-4-11-12-7/h4-6H,2-3H2,1H3,(H,15,16)(H,10,11,12). The minimum Gasteiger partial charge on any atom is -0.481 e. The number of carbonyl (C=O) groups excluding carboxylic acids is 1. The highest BCUT2D eigenvalue weighted by molar-refractivity contribution is 5.91. The zero-order chi connectivity index (χ0) is 11.7. The fourth-order valence-corrected chi connectivity index (χ4v) is 1.91. The van der Waals surface area contributed by atoms with Crippen LogP contribution in [0.3, 0.4) is 0 Å². The van der Waals surface area contributed by atoms with Gasteiger partial charge in [-0.1, -0.05) is 6.92 Å². The highest BCUT2D eigenvalue weighted by Gasteiger charge is 2.37. The molecule has 2 atom stereocenters. The summed E-state index contributed by atoms with van der Waals surface area (Å²) >= 11 is 0. The van der Waals surface area contributed by atoms with Gasteiger partial charge in [-0.2, -0.15) is 5.10 Å². The Balaban J connectivity index is 2.09. The third-order valence-electron chi connectivity index (χ3n) is 2.83. The summed E-state index contributed by atoms with van der Waals surface area (Å²) < 4.78 is 0. The van der Waals surface area contributed by atoms with E-state index in [0.717, 1.165) is 0 Å². The fourth-order valence-electron chi connectivity index (χ4n) is 1.91. The van der Waals surface area contributed by atoms with E-state index in [0.29, 0.717) is 6.54 Å². The van der Waals surface area contributed by atoms with Crippen molar-refractivity contribution in [2.24, 2.45) is 11.8 Å². The number of carboxylic acids is 1. The topological polar surface area (TPSA) is 99.2 Å². The van der Waals surface area contributed by atoms with Crippen molar-refractivity contribution in [3.8, 4) is 0 Å². The van der Waals surface area contributed by atoms with Gasteiger partial charge < -0.3 is 10.0 Å². The molecular formula is C9H12N4O3. The summed E-state index contributed by atoms with van der Waals surface area (Å²) in [4.78, 5) is 28.0. The van der Waals surface area contributed by atoms with Crippen LogP contribution >= 0.6 is 0 Å². The molecule has 16 heavy (non-hydrogen) atoms. The normalized spacial score (nSPS) is 24.7. The van der Waals surface area contributed by atoms with Gasteiger partial charge in [-0.3, -0.25) is 14.7 Å². The minimum atomic E-state index is -0.861. The van der Waals surface area contributed by atoms with Crippen molar-refractivity contribution in [2.45, 2.75) is 6.92 Å². The lowest BCUT2D eigenvalue weighted by Gasteiger charge is -2.13. The van der Waals surface area contributed by atoms with E-state index in [1.165, 1.54) is 11.2 Å². The van der Waals surface area contributed by atoms with Crippen LogP contribution in [0.4, 0.5) is 0 Å². The number of aromatic nitrogens is 3. The Bertz CT molecular complexity index is 403. The van der Waals surface area contributed by atoms with E-state index in [2.05, 4.69) is 15.2 Å². The Morgan fingerprint density at radius 1 is 1.56 bits per heavy atom. The molecule has 0 saturated carbocycles. The van der Waals surface area contributed by atoms with Gasteiger partial charge in [0.1, 0.15) is 6.33 Å². The first-order valence-electron chi connectivity index (χ1n) is 4.97. The first-order valence-corrected chi connectivity index (χ1v) is 4.97. The van der Waals surface area contributed by atoms with E-state index < -0.39 is 11.9 Å². The Morgan fingerprint density at radius 3 is 2.81 bits per heavy atom. The van der Waals surface area contributed by atoms with Crippen molar-refractivity contribution < 1.29 is 14.7 Å². The Hall–Kier alpha value is -1.92. The molecule has 1 fully saturated rings. The number of hydrogen-bond donors (Lipinski definition) is 2. The Labute approximate surface area is 91.5 Å². The average molecular weight is 224 g/mol. The SMILES string of the molecule is CC1CN(C(=O)c2ncn[nH]2)CC1C(=O)O. The molecule has 2 rings (SSSR count). The van der Waals surface area contributed by atoms with E-state index >= 15 is 0 Å². The number of carboxylic acid groups (broad SMARTS) is 1. The van der Waals surface area contributed by atoms with E-state index in [1.807, 2.05) is 6.92 Å². The van der Waals surface area contributed by atoms with Gasteiger partial charge >= 0.3 is 5.97 Å². The van der Waals surface area contributed by atoms with Gasteiger partial charge in [0.15, 0.2) is 0 Å². The van der Waals surface area contributed by atoms with Gasteiger partial charge in [-0.05, 0) is 5.92 Å². The highest BCUT2D eigenvalue weighted by atomic mass is 16.4. The summed E-state index contributed by atoms with van der Waals surface area (Å²) in [6.07, 6.45) is 1.25. The predicted molar refractivity (Wildman–Crippen MR) is 52.6 cm³/mol. The monoisotopic (exact) mass is 224 g/mol. The van der Waals surface area contributed by atoms with Crippen LogP contribution in [0.1, 0.15) is 17.5 Å². The van der Waals surface area contributed by atoms with Crippen molar-refractivity contribution in [1.82, 2.24) is 20.1 Å². The summed E-state index contributed by atoms with van der Waals surface area (Å²) in [7, 11) is 0. The number of amides is 1. The lowest BCUT2D eigenvalue weighted by molar-refractivity contribution is -0.142. The molecule has 1 amide bonds. The van der Waals surface area contributed by atoms with Gasteiger partial charge in [-0.25, -0.2) is 4.98 Å². The molecule has 2 unspecified atom stereocenters. The van der Waals surface area contributed by atoms with E-state index in [1.54, 1.807) is 0 Å². The summed E-state index contributed by atoms with van der Waals surface area (Å²) in [5.74, 6) is -1.54. The molecule has 2 heterocycles. The van der Waals surface area contributed by atoms with Gasteiger partial charge in [0, 0.05) is 13.1 Å². The molecule has 1 aliphatic heterocycles. The van der Waals surface area contributed by atoms with Crippen molar-refractivity contribution in [3.63, 3.8) is 0 Å². The lowest BCUT2D eigenvalue weighted by atomic mass is 9.99. The molecule has 0 spiro atoms. The number of nitrogens with one attached hydrogen (secondary N) is 1. The number of aromatic amines is 1. The van der Waals surface area contributed by atoms with Crippen LogP contribution < -0.4 is 0 Å². The third-order valence-corrected chi connectivity index (χ3v) is 2.83. The molecule has 1 aliphatic rings. The molecule has 7 heteroatoms. The first-order chi connectivity index (χ1) is 7.59. The number of hydrogen-bond acceptors (Lipinski definition) is 4. The molecule has 2 N–H and O–H groups in total. The number of aliphatic carboxylic acids is 1. The van der Waals surface area contributed by atoms with Crippen LogP contribution in [0, 0.1) is 11.8 Å². The van der Waals surface area contributed by atoms with Gasteiger partial charge in [0.25, 0.3) is 5.91 Å². The molecule has 0 radical (unpaired) electrons. The average Bonchev–Trinajstić information content (AvgIpc) is 2.84. The molecule has 1 aromatic rings. The van der Waals surface area contributed by atoms with Crippen LogP contribution in [0.2, 0.25) is 0 Å². The second-order valence-corrected chi connectivity index (χ2v) is 3.97. The second kappa shape index (κ2) is 3.92. The summed E-state index contributed by atoms with van der Waals surface area (Å²) in [6.45, 7) is 2.50. The first kappa shape index (κ1) is 10.6. The van der Waals surface area contributed by atoms with Crippen LogP contribution in [0.25, 0.3) is 0 Å². The summed E-state index contributed by atoms with van der Waals surface area (Å²) in [5.41, 5.74) is 0. The van der Waals surface area contributed by atoms with Crippen molar-refractivity contribution in [1.29, 1.82) is 0 Å². The Morgan fingerprint density at radius 2 is 2.31 bits per heavy atom.